The normalized spacial score (nSPS) is 19.9. The Morgan fingerprint density at radius 3 is 3.11 bits per heavy atom. The van der Waals surface area contributed by atoms with Crippen LogP contribution in [0.5, 0.6) is 0 Å². The Bertz CT molecular complexity index is 617. The summed E-state index contributed by atoms with van der Waals surface area (Å²) in [4.78, 5) is 18.8. The monoisotopic (exact) mass is 257 g/mol. The number of likely N-dealkylation sites (tertiary alicyclic amines) is 1. The van der Waals surface area contributed by atoms with Crippen LogP contribution in [0.15, 0.2) is 24.5 Å². The van der Waals surface area contributed by atoms with Crippen molar-refractivity contribution < 1.29 is 4.79 Å². The highest BCUT2D eigenvalue weighted by Gasteiger charge is 2.23. The number of carbonyl (C=O) groups is 1. The van der Waals surface area contributed by atoms with Gasteiger partial charge in [0, 0.05) is 25.5 Å². The van der Waals surface area contributed by atoms with Gasteiger partial charge in [-0.05, 0) is 43.4 Å². The van der Waals surface area contributed by atoms with Gasteiger partial charge in [-0.15, -0.1) is 0 Å². The summed E-state index contributed by atoms with van der Waals surface area (Å²) in [6.45, 7) is 5.94. The van der Waals surface area contributed by atoms with Crippen LogP contribution in [-0.4, -0.2) is 33.3 Å². The Morgan fingerprint density at radius 2 is 2.32 bits per heavy atom. The molecule has 19 heavy (non-hydrogen) atoms. The Morgan fingerprint density at radius 1 is 1.47 bits per heavy atom. The maximum atomic E-state index is 12.4. The number of rotatable bonds is 1. The number of amides is 1. The molecule has 0 aromatic carbocycles. The topological polar surface area (TPSA) is 37.6 Å². The number of aryl methyl sites for hydroxylation is 1. The van der Waals surface area contributed by atoms with Gasteiger partial charge >= 0.3 is 0 Å². The third-order valence-electron chi connectivity index (χ3n) is 3.78. The molecule has 1 fully saturated rings. The van der Waals surface area contributed by atoms with Crippen molar-refractivity contribution in [2.24, 2.45) is 5.92 Å². The smallest absolute Gasteiger partial charge is 0.274 e. The zero-order valence-corrected chi connectivity index (χ0v) is 11.5. The predicted molar refractivity (Wildman–Crippen MR) is 74.2 cm³/mol. The lowest BCUT2D eigenvalue weighted by atomic mass is 10.0. The SMILES string of the molecule is Cc1ccn2cc(C(=O)N3CCC[C@H](C)C3)nc2c1. The quantitative estimate of drug-likeness (QED) is 0.787. The number of imidazole rings is 1. The molecule has 2 aromatic heterocycles. The minimum atomic E-state index is 0.0629. The molecule has 0 unspecified atom stereocenters. The zero-order valence-electron chi connectivity index (χ0n) is 11.5. The van der Waals surface area contributed by atoms with E-state index in [4.69, 9.17) is 0 Å². The van der Waals surface area contributed by atoms with E-state index in [0.29, 0.717) is 11.6 Å². The first-order valence-electron chi connectivity index (χ1n) is 6.88. The van der Waals surface area contributed by atoms with Crippen molar-refractivity contribution in [2.45, 2.75) is 26.7 Å². The Kier molecular flexibility index (Phi) is 3.01. The van der Waals surface area contributed by atoms with Crippen LogP contribution in [0.4, 0.5) is 0 Å². The number of nitrogens with zero attached hydrogens (tertiary/aromatic N) is 3. The van der Waals surface area contributed by atoms with Gasteiger partial charge in [0.05, 0.1) is 0 Å². The molecule has 0 saturated carbocycles. The van der Waals surface area contributed by atoms with Crippen LogP contribution in [-0.2, 0) is 0 Å². The maximum absolute atomic E-state index is 12.4. The van der Waals surface area contributed by atoms with Crippen molar-refractivity contribution in [1.82, 2.24) is 14.3 Å². The zero-order chi connectivity index (χ0) is 13.4. The van der Waals surface area contributed by atoms with Crippen molar-refractivity contribution >= 4 is 11.6 Å². The van der Waals surface area contributed by atoms with E-state index in [1.54, 1.807) is 0 Å². The van der Waals surface area contributed by atoms with E-state index < -0.39 is 0 Å². The molecular weight excluding hydrogens is 238 g/mol. The van der Waals surface area contributed by atoms with E-state index >= 15 is 0 Å². The molecule has 3 heterocycles. The fourth-order valence-corrected chi connectivity index (χ4v) is 2.72. The summed E-state index contributed by atoms with van der Waals surface area (Å²) in [5.41, 5.74) is 2.55. The second kappa shape index (κ2) is 4.68. The van der Waals surface area contributed by atoms with E-state index in [1.807, 2.05) is 40.8 Å². The molecule has 3 rings (SSSR count). The summed E-state index contributed by atoms with van der Waals surface area (Å²) in [7, 11) is 0. The van der Waals surface area contributed by atoms with Crippen molar-refractivity contribution in [3.8, 4) is 0 Å². The van der Waals surface area contributed by atoms with Crippen LogP contribution in [0.1, 0.15) is 35.8 Å². The molecule has 0 bridgehead atoms. The van der Waals surface area contributed by atoms with Crippen LogP contribution in [0, 0.1) is 12.8 Å². The average Bonchev–Trinajstić information content (AvgIpc) is 2.80. The van der Waals surface area contributed by atoms with E-state index in [-0.39, 0.29) is 5.91 Å². The van der Waals surface area contributed by atoms with Crippen LogP contribution in [0.2, 0.25) is 0 Å². The van der Waals surface area contributed by atoms with Gasteiger partial charge in [-0.1, -0.05) is 6.92 Å². The first-order valence-corrected chi connectivity index (χ1v) is 6.88. The van der Waals surface area contributed by atoms with Crippen molar-refractivity contribution in [2.75, 3.05) is 13.1 Å². The number of hydrogen-bond donors (Lipinski definition) is 0. The first-order chi connectivity index (χ1) is 9.13. The van der Waals surface area contributed by atoms with Gasteiger partial charge in [-0.25, -0.2) is 4.98 Å². The highest BCUT2D eigenvalue weighted by molar-refractivity contribution is 5.93. The second-order valence-electron chi connectivity index (χ2n) is 5.59. The van der Waals surface area contributed by atoms with E-state index in [2.05, 4.69) is 11.9 Å². The van der Waals surface area contributed by atoms with Crippen LogP contribution >= 0.6 is 0 Å². The molecular formula is C15H19N3O. The van der Waals surface area contributed by atoms with Gasteiger partial charge in [0.25, 0.3) is 5.91 Å². The molecule has 0 aliphatic carbocycles. The predicted octanol–water partition coefficient (Wildman–Crippen LogP) is 2.51. The summed E-state index contributed by atoms with van der Waals surface area (Å²) < 4.78 is 1.91. The van der Waals surface area contributed by atoms with Crippen molar-refractivity contribution in [1.29, 1.82) is 0 Å². The molecule has 1 aliphatic heterocycles. The van der Waals surface area contributed by atoms with Crippen molar-refractivity contribution in [3.05, 3.63) is 35.8 Å². The minimum absolute atomic E-state index is 0.0629. The van der Waals surface area contributed by atoms with E-state index in [9.17, 15) is 4.79 Å². The van der Waals surface area contributed by atoms with Crippen LogP contribution < -0.4 is 0 Å². The number of hydrogen-bond acceptors (Lipinski definition) is 2. The lowest BCUT2D eigenvalue weighted by molar-refractivity contribution is 0.0678. The van der Waals surface area contributed by atoms with Gasteiger partial charge in [-0.2, -0.15) is 0 Å². The minimum Gasteiger partial charge on any atom is -0.337 e. The lowest BCUT2D eigenvalue weighted by Crippen LogP contribution is -2.39. The molecule has 4 heteroatoms. The summed E-state index contributed by atoms with van der Waals surface area (Å²) in [6, 6.07) is 4.02. The Hall–Kier alpha value is -1.84. The largest absolute Gasteiger partial charge is 0.337 e. The number of piperidine rings is 1. The highest BCUT2D eigenvalue weighted by Crippen LogP contribution is 2.18. The standard InChI is InChI=1S/C15H19N3O/c1-11-5-7-17-10-13(16-14(17)8-11)15(19)18-6-3-4-12(2)9-18/h5,7-8,10,12H,3-4,6,9H2,1-2H3/t12-/m0/s1. The van der Waals surface area contributed by atoms with Gasteiger partial charge in [0.15, 0.2) is 0 Å². The molecule has 1 aliphatic rings. The molecule has 1 saturated heterocycles. The Balaban J connectivity index is 1.88. The van der Waals surface area contributed by atoms with Gasteiger partial charge < -0.3 is 9.30 Å². The van der Waals surface area contributed by atoms with Crippen LogP contribution in [0.3, 0.4) is 0 Å². The maximum Gasteiger partial charge on any atom is 0.274 e. The number of fused-ring (bicyclic) bond motifs is 1. The number of carbonyl (C=O) groups excluding carboxylic acids is 1. The van der Waals surface area contributed by atoms with E-state index in [0.717, 1.165) is 30.7 Å². The lowest BCUT2D eigenvalue weighted by Gasteiger charge is -2.30. The fraction of sp³-hybridized carbons (Fsp3) is 0.467. The first kappa shape index (κ1) is 12.2. The fourth-order valence-electron chi connectivity index (χ4n) is 2.72. The summed E-state index contributed by atoms with van der Waals surface area (Å²) in [6.07, 6.45) is 6.09. The molecule has 0 spiro atoms. The van der Waals surface area contributed by atoms with Crippen LogP contribution in [0.25, 0.3) is 5.65 Å². The Labute approximate surface area is 113 Å². The molecule has 1 atom stereocenters. The molecule has 4 nitrogen and oxygen atoms in total. The number of aromatic nitrogens is 2. The summed E-state index contributed by atoms with van der Waals surface area (Å²) in [5, 5.41) is 0. The molecule has 0 N–H and O–H groups in total. The molecule has 100 valence electrons. The summed E-state index contributed by atoms with van der Waals surface area (Å²) >= 11 is 0. The third kappa shape index (κ3) is 2.35. The summed E-state index contributed by atoms with van der Waals surface area (Å²) in [5.74, 6) is 0.657. The average molecular weight is 257 g/mol. The van der Waals surface area contributed by atoms with Gasteiger partial charge in [0.2, 0.25) is 0 Å². The third-order valence-corrected chi connectivity index (χ3v) is 3.78. The van der Waals surface area contributed by atoms with Crippen molar-refractivity contribution in [3.63, 3.8) is 0 Å². The molecule has 1 amide bonds. The molecule has 2 aromatic rings. The molecule has 0 radical (unpaired) electrons. The van der Waals surface area contributed by atoms with E-state index in [1.165, 1.54) is 6.42 Å². The second-order valence-corrected chi connectivity index (χ2v) is 5.59. The highest BCUT2D eigenvalue weighted by atomic mass is 16.2. The van der Waals surface area contributed by atoms with Gasteiger partial charge in [0.1, 0.15) is 11.3 Å². The number of pyridine rings is 1. The van der Waals surface area contributed by atoms with Gasteiger partial charge in [-0.3, -0.25) is 4.79 Å².